The summed E-state index contributed by atoms with van der Waals surface area (Å²) in [5.74, 6) is -0.422. The minimum absolute atomic E-state index is 0.00472. The Hall–Kier alpha value is -2.20. The predicted molar refractivity (Wildman–Crippen MR) is 239 cm³/mol. The van der Waals surface area contributed by atoms with Crippen LogP contribution in [0, 0.1) is 0 Å². The number of ether oxygens (including phenoxy) is 4. The van der Waals surface area contributed by atoms with Gasteiger partial charge in [0, 0.05) is 13.0 Å². The zero-order valence-electron chi connectivity index (χ0n) is 37.0. The van der Waals surface area contributed by atoms with Crippen LogP contribution in [0.3, 0.4) is 0 Å². The van der Waals surface area contributed by atoms with E-state index in [1.807, 2.05) is 0 Å². The van der Waals surface area contributed by atoms with Crippen molar-refractivity contribution in [3.63, 3.8) is 0 Å². The molecule has 348 valence electrons. The van der Waals surface area contributed by atoms with Crippen LogP contribution >= 0.6 is 0 Å². The fourth-order valence-corrected chi connectivity index (χ4v) is 7.18. The molecule has 1 fully saturated rings. The SMILES string of the molecule is CC/C=C\C/C=C\C/C=C\C/C=C\CCCOCC(COC1OC(CO)C(O)C(OS(=O)(=O)O)C1O)OC(=O)CCCCCCCCCCC/C=C\CCCCCCCC. The number of hydrogen-bond acceptors (Lipinski definition) is 11. The first-order valence-corrected chi connectivity index (χ1v) is 24.4. The number of rotatable bonds is 39. The highest BCUT2D eigenvalue weighted by molar-refractivity contribution is 7.80. The Balaban J connectivity index is 2.44. The number of carbonyl (C=O) groups excluding carboxylic acids is 1. The number of unbranched alkanes of at least 4 members (excludes halogenated alkanes) is 16. The van der Waals surface area contributed by atoms with E-state index in [1.54, 1.807) is 0 Å². The maximum Gasteiger partial charge on any atom is 0.397 e. The lowest BCUT2D eigenvalue weighted by atomic mass is 9.99. The van der Waals surface area contributed by atoms with E-state index in [0.717, 1.165) is 57.8 Å². The van der Waals surface area contributed by atoms with Gasteiger partial charge in [-0.2, -0.15) is 8.42 Å². The second kappa shape index (κ2) is 38.5. The maximum absolute atomic E-state index is 12.9. The van der Waals surface area contributed by atoms with Gasteiger partial charge in [0.15, 0.2) is 6.29 Å². The van der Waals surface area contributed by atoms with Gasteiger partial charge in [-0.15, -0.1) is 0 Å². The minimum Gasteiger partial charge on any atom is -0.457 e. The molecule has 60 heavy (non-hydrogen) atoms. The van der Waals surface area contributed by atoms with E-state index in [4.69, 9.17) is 23.5 Å². The van der Waals surface area contributed by atoms with Crippen molar-refractivity contribution >= 4 is 16.4 Å². The van der Waals surface area contributed by atoms with E-state index in [-0.39, 0.29) is 19.6 Å². The second-order valence-corrected chi connectivity index (χ2v) is 16.7. The van der Waals surface area contributed by atoms with Crippen LogP contribution in [0.2, 0.25) is 0 Å². The van der Waals surface area contributed by atoms with Crippen molar-refractivity contribution in [2.24, 2.45) is 0 Å². The molecule has 1 aliphatic rings. The molecule has 0 aliphatic carbocycles. The van der Waals surface area contributed by atoms with Gasteiger partial charge in [0.1, 0.15) is 30.5 Å². The molecular formula is C47H82O12S. The first kappa shape index (κ1) is 55.8. The third kappa shape index (κ3) is 31.6. The molecule has 0 spiro atoms. The molecule has 1 saturated heterocycles. The normalized spacial score (nSPS) is 20.8. The largest absolute Gasteiger partial charge is 0.457 e. The summed E-state index contributed by atoms with van der Waals surface area (Å²) in [6.07, 6.45) is 38.4. The molecular weight excluding hydrogens is 789 g/mol. The number of aliphatic hydroxyl groups is 3. The summed E-state index contributed by atoms with van der Waals surface area (Å²) in [4.78, 5) is 12.9. The molecule has 13 heteroatoms. The number of allylic oxidation sites excluding steroid dienone is 10. The smallest absolute Gasteiger partial charge is 0.397 e. The molecule has 1 rings (SSSR count). The van der Waals surface area contributed by atoms with Crippen molar-refractivity contribution < 1.29 is 56.2 Å². The van der Waals surface area contributed by atoms with Crippen LogP contribution in [0.25, 0.3) is 0 Å². The molecule has 1 aliphatic heterocycles. The van der Waals surface area contributed by atoms with E-state index >= 15 is 0 Å². The van der Waals surface area contributed by atoms with Crippen LogP contribution in [-0.2, 0) is 38.3 Å². The monoisotopic (exact) mass is 871 g/mol. The van der Waals surface area contributed by atoms with E-state index in [2.05, 4.69) is 78.8 Å². The van der Waals surface area contributed by atoms with Crippen molar-refractivity contribution in [3.05, 3.63) is 60.8 Å². The lowest BCUT2D eigenvalue weighted by molar-refractivity contribution is -0.301. The average molecular weight is 871 g/mol. The number of esters is 1. The summed E-state index contributed by atoms with van der Waals surface area (Å²) in [6.45, 7) is 3.72. The predicted octanol–water partition coefficient (Wildman–Crippen LogP) is 9.74. The standard InChI is InChI=1S/C47H82O12S/c1-3-5-7-9-11-13-15-17-19-20-21-22-23-24-26-28-30-32-34-36-43(49)57-41(39-55-37-35-33-31-29-27-25-18-16-14-12-10-8-6-4-2)40-56-47-45(51)46(59-60(52,53)54)44(50)42(38-48)58-47/h6,8,12,14,17-19,25,29,31,41-42,44-48,50-51H,3-5,7,9-11,13,15-16,20-24,26-28,30,32-40H2,1-2H3,(H,52,53,54)/b8-6-,14-12-,19-17-,25-18-,31-29-. The molecule has 0 radical (unpaired) electrons. The zero-order valence-corrected chi connectivity index (χ0v) is 37.8. The molecule has 0 aromatic carbocycles. The highest BCUT2D eigenvalue weighted by Crippen LogP contribution is 2.26. The van der Waals surface area contributed by atoms with Crippen LogP contribution in [0.5, 0.6) is 0 Å². The Kier molecular flexibility index (Phi) is 35.8. The van der Waals surface area contributed by atoms with Crippen molar-refractivity contribution in [1.82, 2.24) is 0 Å². The molecule has 1 heterocycles. The van der Waals surface area contributed by atoms with Gasteiger partial charge in [-0.25, -0.2) is 4.18 Å². The molecule has 4 N–H and O–H groups in total. The van der Waals surface area contributed by atoms with Gasteiger partial charge in [0.25, 0.3) is 0 Å². The second-order valence-electron chi connectivity index (χ2n) is 15.6. The van der Waals surface area contributed by atoms with Gasteiger partial charge >= 0.3 is 16.4 Å². The van der Waals surface area contributed by atoms with Crippen LogP contribution in [0.1, 0.15) is 168 Å². The lowest BCUT2D eigenvalue weighted by Crippen LogP contribution is -2.60. The van der Waals surface area contributed by atoms with Gasteiger partial charge in [-0.3, -0.25) is 9.35 Å². The van der Waals surface area contributed by atoms with Crippen LogP contribution in [0.15, 0.2) is 60.8 Å². The summed E-state index contributed by atoms with van der Waals surface area (Å²) < 4.78 is 59.0. The Morgan fingerprint density at radius 3 is 1.70 bits per heavy atom. The Morgan fingerprint density at radius 1 is 0.650 bits per heavy atom. The topological polar surface area (TPSA) is 178 Å². The molecule has 0 aromatic heterocycles. The molecule has 0 aromatic rings. The van der Waals surface area contributed by atoms with E-state index in [1.165, 1.54) is 83.5 Å². The summed E-state index contributed by atoms with van der Waals surface area (Å²) in [6, 6.07) is 0. The Bertz CT molecular complexity index is 1280. The number of carbonyl (C=O) groups is 1. The van der Waals surface area contributed by atoms with Crippen molar-refractivity contribution in [3.8, 4) is 0 Å². The van der Waals surface area contributed by atoms with Crippen LogP contribution in [-0.4, -0.2) is 97.5 Å². The molecule has 6 unspecified atom stereocenters. The van der Waals surface area contributed by atoms with Gasteiger partial charge in [0.2, 0.25) is 0 Å². The van der Waals surface area contributed by atoms with Crippen LogP contribution in [0.4, 0.5) is 0 Å². The fraction of sp³-hybridized carbons (Fsp3) is 0.766. The van der Waals surface area contributed by atoms with Gasteiger partial charge < -0.3 is 34.3 Å². The molecule has 0 saturated carbocycles. The van der Waals surface area contributed by atoms with E-state index in [9.17, 15) is 28.5 Å². The van der Waals surface area contributed by atoms with Crippen molar-refractivity contribution in [2.75, 3.05) is 26.4 Å². The zero-order chi connectivity index (χ0) is 43.9. The Morgan fingerprint density at radius 2 is 1.15 bits per heavy atom. The van der Waals surface area contributed by atoms with Crippen LogP contribution < -0.4 is 0 Å². The summed E-state index contributed by atoms with van der Waals surface area (Å²) in [5, 5.41) is 30.7. The van der Waals surface area contributed by atoms with Crippen molar-refractivity contribution in [2.45, 2.75) is 205 Å². The molecule has 0 amide bonds. The van der Waals surface area contributed by atoms with Gasteiger partial charge in [-0.05, 0) is 70.6 Å². The van der Waals surface area contributed by atoms with E-state index < -0.39 is 59.8 Å². The first-order chi connectivity index (χ1) is 29.1. The summed E-state index contributed by atoms with van der Waals surface area (Å²) in [7, 11) is -5.07. The number of aliphatic hydroxyl groups excluding tert-OH is 3. The summed E-state index contributed by atoms with van der Waals surface area (Å²) >= 11 is 0. The average Bonchev–Trinajstić information content (AvgIpc) is 3.22. The molecule has 12 nitrogen and oxygen atoms in total. The number of hydrogen-bond donors (Lipinski definition) is 4. The third-order valence-electron chi connectivity index (χ3n) is 10.1. The third-order valence-corrected chi connectivity index (χ3v) is 10.6. The Labute approximate surface area is 363 Å². The quantitative estimate of drug-likeness (QED) is 0.0199. The minimum atomic E-state index is -5.07. The maximum atomic E-state index is 12.9. The fourth-order valence-electron chi connectivity index (χ4n) is 6.67. The lowest BCUT2D eigenvalue weighted by Gasteiger charge is -2.41. The first-order valence-electron chi connectivity index (χ1n) is 23.0. The van der Waals surface area contributed by atoms with Gasteiger partial charge in [-0.1, -0.05) is 152 Å². The van der Waals surface area contributed by atoms with Gasteiger partial charge in [0.05, 0.1) is 19.8 Å². The molecule has 0 bridgehead atoms. The van der Waals surface area contributed by atoms with E-state index in [0.29, 0.717) is 13.0 Å². The highest BCUT2D eigenvalue weighted by Gasteiger charge is 2.48. The summed E-state index contributed by atoms with van der Waals surface area (Å²) in [5.41, 5.74) is 0. The highest BCUT2D eigenvalue weighted by atomic mass is 32.3. The van der Waals surface area contributed by atoms with Crippen molar-refractivity contribution in [1.29, 1.82) is 0 Å². The molecule has 6 atom stereocenters.